The molecule has 0 saturated heterocycles. The Bertz CT molecular complexity index is 366. The monoisotopic (exact) mass is 206 g/mol. The number of hydrogen-bond donors (Lipinski definition) is 0. The van der Waals surface area contributed by atoms with Crippen molar-refractivity contribution in [2.45, 2.75) is 27.2 Å². The highest BCUT2D eigenvalue weighted by Crippen LogP contribution is 2.17. The van der Waals surface area contributed by atoms with Crippen LogP contribution in [0.3, 0.4) is 0 Å². The van der Waals surface area contributed by atoms with E-state index in [0.717, 1.165) is 0 Å². The molecule has 0 bridgehead atoms. The summed E-state index contributed by atoms with van der Waals surface area (Å²) in [7, 11) is 0. The Hall–Kier alpha value is -1.58. The first-order valence-electron chi connectivity index (χ1n) is 4.74. The van der Waals surface area contributed by atoms with Crippen molar-refractivity contribution in [2.24, 2.45) is 5.41 Å². The third-order valence-electron chi connectivity index (χ3n) is 2.03. The van der Waals surface area contributed by atoms with Gasteiger partial charge in [0.05, 0.1) is 6.42 Å². The van der Waals surface area contributed by atoms with E-state index in [4.69, 9.17) is 0 Å². The zero-order valence-electron chi connectivity index (χ0n) is 9.15. The van der Waals surface area contributed by atoms with Gasteiger partial charge in [-0.05, 0) is 6.07 Å². The Morgan fingerprint density at radius 1 is 1.33 bits per heavy atom. The molecule has 0 aliphatic heterocycles. The standard InChI is InChI=1S/C11H14N2O2/c1-11(2,3)10(15)6-9(14)8-4-5-12-7-13-8/h4-5,7H,6H2,1-3H3. The second kappa shape index (κ2) is 4.29. The zero-order chi connectivity index (χ0) is 11.5. The molecule has 4 nitrogen and oxygen atoms in total. The summed E-state index contributed by atoms with van der Waals surface area (Å²) in [6, 6.07) is 1.51. The van der Waals surface area contributed by atoms with Gasteiger partial charge >= 0.3 is 0 Å². The first-order valence-corrected chi connectivity index (χ1v) is 4.74. The number of Topliss-reactive ketones (excluding diaryl/α,β-unsaturated/α-hetero) is 2. The Morgan fingerprint density at radius 2 is 2.00 bits per heavy atom. The normalized spacial score (nSPS) is 11.1. The van der Waals surface area contributed by atoms with Crippen molar-refractivity contribution in [3.05, 3.63) is 24.3 Å². The SMILES string of the molecule is CC(C)(C)C(=O)CC(=O)c1ccncn1. The molecule has 0 atom stereocenters. The van der Waals surface area contributed by atoms with Crippen LogP contribution in [0.25, 0.3) is 0 Å². The molecule has 1 heterocycles. The predicted molar refractivity (Wildman–Crippen MR) is 55.4 cm³/mol. The van der Waals surface area contributed by atoms with E-state index in [9.17, 15) is 9.59 Å². The minimum atomic E-state index is -0.483. The smallest absolute Gasteiger partial charge is 0.188 e. The Kier molecular flexibility index (Phi) is 3.29. The van der Waals surface area contributed by atoms with Crippen molar-refractivity contribution in [1.82, 2.24) is 9.97 Å². The summed E-state index contributed by atoms with van der Waals surface area (Å²) in [6.45, 7) is 5.38. The number of aromatic nitrogens is 2. The molecule has 0 unspecified atom stereocenters. The molecule has 15 heavy (non-hydrogen) atoms. The fourth-order valence-corrected chi connectivity index (χ4v) is 0.957. The van der Waals surface area contributed by atoms with Crippen LogP contribution in [-0.4, -0.2) is 21.5 Å². The third kappa shape index (κ3) is 3.23. The van der Waals surface area contributed by atoms with Crippen LogP contribution in [-0.2, 0) is 4.79 Å². The highest BCUT2D eigenvalue weighted by Gasteiger charge is 2.24. The lowest BCUT2D eigenvalue weighted by atomic mass is 9.87. The Labute approximate surface area is 88.7 Å². The summed E-state index contributed by atoms with van der Waals surface area (Å²) in [5, 5.41) is 0. The first kappa shape index (κ1) is 11.5. The molecule has 0 radical (unpaired) electrons. The lowest BCUT2D eigenvalue weighted by molar-refractivity contribution is -0.125. The maximum absolute atomic E-state index is 11.6. The molecule has 1 rings (SSSR count). The summed E-state index contributed by atoms with van der Waals surface area (Å²) in [4.78, 5) is 30.7. The maximum atomic E-state index is 11.6. The van der Waals surface area contributed by atoms with Crippen molar-refractivity contribution in [2.75, 3.05) is 0 Å². The molecule has 0 N–H and O–H groups in total. The minimum absolute atomic E-state index is 0.0777. The van der Waals surface area contributed by atoms with E-state index in [-0.39, 0.29) is 18.0 Å². The van der Waals surface area contributed by atoms with Gasteiger partial charge in [-0.25, -0.2) is 9.97 Å². The van der Waals surface area contributed by atoms with Gasteiger partial charge in [-0.1, -0.05) is 20.8 Å². The van der Waals surface area contributed by atoms with E-state index < -0.39 is 5.41 Å². The van der Waals surface area contributed by atoms with Crippen molar-refractivity contribution < 1.29 is 9.59 Å². The van der Waals surface area contributed by atoms with Gasteiger partial charge in [0, 0.05) is 11.6 Å². The fourth-order valence-electron chi connectivity index (χ4n) is 0.957. The van der Waals surface area contributed by atoms with Crippen molar-refractivity contribution in [3.8, 4) is 0 Å². The third-order valence-corrected chi connectivity index (χ3v) is 2.03. The van der Waals surface area contributed by atoms with Gasteiger partial charge in [0.25, 0.3) is 0 Å². The second-order valence-electron chi connectivity index (χ2n) is 4.37. The molecule has 0 aliphatic rings. The highest BCUT2D eigenvalue weighted by atomic mass is 16.1. The molecule has 80 valence electrons. The molecule has 0 spiro atoms. The molecule has 0 amide bonds. The van der Waals surface area contributed by atoms with Gasteiger partial charge in [0.15, 0.2) is 5.78 Å². The Morgan fingerprint density at radius 3 is 2.47 bits per heavy atom. The van der Waals surface area contributed by atoms with Gasteiger partial charge in [0.2, 0.25) is 0 Å². The topological polar surface area (TPSA) is 59.9 Å². The van der Waals surface area contributed by atoms with Gasteiger partial charge in [-0.3, -0.25) is 9.59 Å². The highest BCUT2D eigenvalue weighted by molar-refractivity contribution is 6.08. The number of rotatable bonds is 3. The average Bonchev–Trinajstić information content (AvgIpc) is 2.17. The van der Waals surface area contributed by atoms with Crippen LogP contribution in [0.2, 0.25) is 0 Å². The van der Waals surface area contributed by atoms with Gasteiger partial charge in [-0.2, -0.15) is 0 Å². The van der Waals surface area contributed by atoms with Crippen LogP contribution in [0.5, 0.6) is 0 Å². The molecule has 0 aromatic carbocycles. The molecule has 0 aliphatic carbocycles. The van der Waals surface area contributed by atoms with Crippen LogP contribution >= 0.6 is 0 Å². The number of nitrogens with zero attached hydrogens (tertiary/aromatic N) is 2. The zero-order valence-corrected chi connectivity index (χ0v) is 9.15. The van der Waals surface area contributed by atoms with E-state index >= 15 is 0 Å². The van der Waals surface area contributed by atoms with Gasteiger partial charge in [0.1, 0.15) is 17.8 Å². The van der Waals surface area contributed by atoms with Crippen LogP contribution < -0.4 is 0 Å². The number of ketones is 2. The lowest BCUT2D eigenvalue weighted by Crippen LogP contribution is -2.23. The van der Waals surface area contributed by atoms with Crippen molar-refractivity contribution in [1.29, 1.82) is 0 Å². The Balaban J connectivity index is 2.70. The quantitative estimate of drug-likeness (QED) is 0.557. The number of carbonyl (C=O) groups excluding carboxylic acids is 2. The van der Waals surface area contributed by atoms with Crippen LogP contribution in [0.1, 0.15) is 37.7 Å². The van der Waals surface area contributed by atoms with Gasteiger partial charge < -0.3 is 0 Å². The van der Waals surface area contributed by atoms with Gasteiger partial charge in [-0.15, -0.1) is 0 Å². The van der Waals surface area contributed by atoms with Crippen LogP contribution in [0.15, 0.2) is 18.6 Å². The molecule has 0 saturated carbocycles. The molecular weight excluding hydrogens is 192 g/mol. The summed E-state index contributed by atoms with van der Waals surface area (Å²) in [6.07, 6.45) is 2.69. The number of carbonyl (C=O) groups is 2. The summed E-state index contributed by atoms with van der Waals surface area (Å²) < 4.78 is 0. The van der Waals surface area contributed by atoms with E-state index in [1.165, 1.54) is 18.6 Å². The molecule has 4 heteroatoms. The van der Waals surface area contributed by atoms with E-state index in [2.05, 4.69) is 9.97 Å². The summed E-state index contributed by atoms with van der Waals surface area (Å²) in [5.74, 6) is -0.330. The van der Waals surface area contributed by atoms with Crippen molar-refractivity contribution in [3.63, 3.8) is 0 Å². The fraction of sp³-hybridized carbons (Fsp3) is 0.455. The minimum Gasteiger partial charge on any atom is -0.299 e. The summed E-state index contributed by atoms with van der Waals surface area (Å²) in [5.41, 5.74) is -0.189. The van der Waals surface area contributed by atoms with Crippen LogP contribution in [0, 0.1) is 5.41 Å². The number of hydrogen-bond acceptors (Lipinski definition) is 4. The second-order valence-corrected chi connectivity index (χ2v) is 4.37. The maximum Gasteiger partial charge on any atom is 0.188 e. The molecule has 1 aromatic rings. The lowest BCUT2D eigenvalue weighted by Gasteiger charge is -2.15. The van der Waals surface area contributed by atoms with Crippen LogP contribution in [0.4, 0.5) is 0 Å². The average molecular weight is 206 g/mol. The molecule has 1 aromatic heterocycles. The van der Waals surface area contributed by atoms with Crippen molar-refractivity contribution >= 4 is 11.6 Å². The largest absolute Gasteiger partial charge is 0.299 e. The molecular formula is C11H14N2O2. The van der Waals surface area contributed by atoms with E-state index in [0.29, 0.717) is 5.69 Å². The predicted octanol–water partition coefficient (Wildman–Crippen LogP) is 1.66. The molecule has 0 fully saturated rings. The summed E-state index contributed by atoms with van der Waals surface area (Å²) >= 11 is 0. The first-order chi connectivity index (χ1) is 6.91. The van der Waals surface area contributed by atoms with E-state index in [1.807, 2.05) is 0 Å². The van der Waals surface area contributed by atoms with E-state index in [1.54, 1.807) is 20.8 Å².